The fourth-order valence-electron chi connectivity index (χ4n) is 1.29. The van der Waals surface area contributed by atoms with Crippen molar-refractivity contribution in [3.63, 3.8) is 0 Å². The average Bonchev–Trinajstić information content (AvgIpc) is 2.33. The summed E-state index contributed by atoms with van der Waals surface area (Å²) in [6, 6.07) is 3.11. The van der Waals surface area contributed by atoms with Gasteiger partial charge in [-0.15, -0.1) is 0 Å². The number of halogens is 1. The highest BCUT2D eigenvalue weighted by atomic mass is 19.1. The molecular weight excluding hydrogens is 239 g/mol. The Kier molecular flexibility index (Phi) is 5.26. The summed E-state index contributed by atoms with van der Waals surface area (Å²) in [5, 5.41) is 13.8. The van der Waals surface area contributed by atoms with Gasteiger partial charge in [-0.2, -0.15) is 0 Å². The second kappa shape index (κ2) is 6.70. The number of hydrogen-bond acceptors (Lipinski definition) is 4. The lowest BCUT2D eigenvalue weighted by atomic mass is 10.3. The summed E-state index contributed by atoms with van der Waals surface area (Å²) < 4.78 is 18.2. The van der Waals surface area contributed by atoms with Crippen molar-refractivity contribution >= 4 is 5.69 Å². The highest BCUT2D eigenvalue weighted by molar-refractivity contribution is 5.46. The molecule has 1 aromatic carbocycles. The van der Waals surface area contributed by atoms with Crippen LogP contribution in [0.5, 0.6) is 5.75 Å². The van der Waals surface area contributed by atoms with Crippen molar-refractivity contribution in [2.75, 3.05) is 19.7 Å². The van der Waals surface area contributed by atoms with E-state index in [4.69, 9.17) is 4.74 Å². The Bertz CT molecular complexity index is 449. The van der Waals surface area contributed by atoms with Crippen LogP contribution in [0.25, 0.3) is 0 Å². The van der Waals surface area contributed by atoms with Crippen LogP contribution in [0.15, 0.2) is 30.4 Å². The SMILES string of the molecule is C=C(CNCC)COc1cc(F)ccc1[N+](=O)[O-]. The van der Waals surface area contributed by atoms with Gasteiger partial charge in [-0.3, -0.25) is 10.1 Å². The van der Waals surface area contributed by atoms with Gasteiger partial charge >= 0.3 is 5.69 Å². The Morgan fingerprint density at radius 1 is 1.61 bits per heavy atom. The van der Waals surface area contributed by atoms with Crippen molar-refractivity contribution in [2.45, 2.75) is 6.92 Å². The van der Waals surface area contributed by atoms with E-state index in [0.717, 1.165) is 30.3 Å². The number of benzene rings is 1. The number of nitro benzene ring substituents is 1. The van der Waals surface area contributed by atoms with Gasteiger partial charge in [-0.1, -0.05) is 13.5 Å². The molecule has 0 heterocycles. The molecule has 6 heteroatoms. The molecule has 1 aromatic rings. The number of ether oxygens (including phenoxy) is 1. The molecule has 5 nitrogen and oxygen atoms in total. The number of nitrogens with zero attached hydrogens (tertiary/aromatic N) is 1. The minimum Gasteiger partial charge on any atom is -0.482 e. The van der Waals surface area contributed by atoms with Gasteiger partial charge in [-0.25, -0.2) is 4.39 Å². The molecule has 0 aliphatic heterocycles. The lowest BCUT2D eigenvalue weighted by Crippen LogP contribution is -2.19. The Balaban J connectivity index is 2.68. The summed E-state index contributed by atoms with van der Waals surface area (Å²) in [6.45, 7) is 7.16. The maximum atomic E-state index is 13.0. The molecule has 98 valence electrons. The van der Waals surface area contributed by atoms with Gasteiger partial charge in [0.1, 0.15) is 12.4 Å². The van der Waals surface area contributed by atoms with Crippen LogP contribution in [0.4, 0.5) is 10.1 Å². The summed E-state index contributed by atoms with van der Waals surface area (Å²) in [6.07, 6.45) is 0. The maximum Gasteiger partial charge on any atom is 0.311 e. The molecule has 0 saturated carbocycles. The molecule has 0 unspecified atom stereocenters. The first-order valence-electron chi connectivity index (χ1n) is 5.48. The molecule has 0 aliphatic rings. The predicted molar refractivity (Wildman–Crippen MR) is 66.2 cm³/mol. The Morgan fingerprint density at radius 2 is 2.33 bits per heavy atom. The quantitative estimate of drug-likeness (QED) is 0.460. The van der Waals surface area contributed by atoms with Gasteiger partial charge in [0.2, 0.25) is 0 Å². The lowest BCUT2D eigenvalue weighted by molar-refractivity contribution is -0.385. The van der Waals surface area contributed by atoms with E-state index in [9.17, 15) is 14.5 Å². The summed E-state index contributed by atoms with van der Waals surface area (Å²) in [4.78, 5) is 10.1. The number of likely N-dealkylation sites (N-methyl/N-ethyl adjacent to an activating group) is 1. The summed E-state index contributed by atoms with van der Waals surface area (Å²) in [5.74, 6) is -0.662. The van der Waals surface area contributed by atoms with E-state index in [2.05, 4.69) is 11.9 Å². The van der Waals surface area contributed by atoms with Crippen LogP contribution in [-0.4, -0.2) is 24.6 Å². The van der Waals surface area contributed by atoms with Crippen LogP contribution in [0.3, 0.4) is 0 Å². The minimum absolute atomic E-state index is 0.0855. The van der Waals surface area contributed by atoms with Crippen molar-refractivity contribution in [1.82, 2.24) is 5.32 Å². The lowest BCUT2D eigenvalue weighted by Gasteiger charge is -2.09. The first-order valence-corrected chi connectivity index (χ1v) is 5.48. The molecular formula is C12H15FN2O3. The molecule has 0 amide bonds. The highest BCUT2D eigenvalue weighted by Gasteiger charge is 2.15. The fourth-order valence-corrected chi connectivity index (χ4v) is 1.29. The number of nitrogens with one attached hydrogen (secondary N) is 1. The maximum absolute atomic E-state index is 13.0. The van der Waals surface area contributed by atoms with Crippen LogP contribution in [0.1, 0.15) is 6.92 Å². The first kappa shape index (κ1) is 14.1. The summed E-state index contributed by atoms with van der Waals surface area (Å²) in [5.41, 5.74) is 0.475. The largest absolute Gasteiger partial charge is 0.482 e. The molecule has 1 rings (SSSR count). The van der Waals surface area contributed by atoms with E-state index in [1.807, 2.05) is 6.92 Å². The topological polar surface area (TPSA) is 64.4 Å². The van der Waals surface area contributed by atoms with Gasteiger partial charge in [-0.05, 0) is 18.2 Å². The Labute approximate surface area is 104 Å². The minimum atomic E-state index is -0.609. The van der Waals surface area contributed by atoms with Crippen LogP contribution in [-0.2, 0) is 0 Å². The van der Waals surface area contributed by atoms with Crippen LogP contribution >= 0.6 is 0 Å². The average molecular weight is 254 g/mol. The standard InChI is InChI=1S/C12H15FN2O3/c1-3-14-7-9(2)8-18-12-6-10(13)4-5-11(12)15(16)17/h4-6,14H,2-3,7-8H2,1H3. The van der Waals surface area contributed by atoms with E-state index in [-0.39, 0.29) is 18.0 Å². The van der Waals surface area contributed by atoms with Gasteiger partial charge in [0, 0.05) is 18.7 Å². The number of hydrogen-bond donors (Lipinski definition) is 1. The molecule has 0 saturated heterocycles. The molecule has 0 aliphatic carbocycles. The van der Waals surface area contributed by atoms with Gasteiger partial charge in [0.15, 0.2) is 5.75 Å². The van der Waals surface area contributed by atoms with Gasteiger partial charge in [0.05, 0.1) is 4.92 Å². The zero-order chi connectivity index (χ0) is 13.5. The van der Waals surface area contributed by atoms with Crippen molar-refractivity contribution < 1.29 is 14.1 Å². The second-order valence-electron chi connectivity index (χ2n) is 3.69. The molecule has 0 spiro atoms. The fraction of sp³-hybridized carbons (Fsp3) is 0.333. The Morgan fingerprint density at radius 3 is 2.94 bits per heavy atom. The molecule has 0 fully saturated rings. The van der Waals surface area contributed by atoms with Crippen LogP contribution in [0, 0.1) is 15.9 Å². The highest BCUT2D eigenvalue weighted by Crippen LogP contribution is 2.27. The molecule has 1 N–H and O–H groups in total. The third-order valence-corrected chi connectivity index (χ3v) is 2.18. The van der Waals surface area contributed by atoms with E-state index < -0.39 is 10.7 Å². The van der Waals surface area contributed by atoms with Crippen LogP contribution in [0.2, 0.25) is 0 Å². The predicted octanol–water partition coefficient (Wildman–Crippen LogP) is 2.28. The number of rotatable bonds is 7. The zero-order valence-corrected chi connectivity index (χ0v) is 10.1. The summed E-state index contributed by atoms with van der Waals surface area (Å²) >= 11 is 0. The normalized spacial score (nSPS) is 10.1. The van der Waals surface area contributed by atoms with Crippen molar-refractivity contribution in [3.05, 3.63) is 46.3 Å². The second-order valence-corrected chi connectivity index (χ2v) is 3.69. The molecule has 0 atom stereocenters. The van der Waals surface area contributed by atoms with E-state index in [1.54, 1.807) is 0 Å². The van der Waals surface area contributed by atoms with E-state index in [1.165, 1.54) is 0 Å². The molecule has 0 aromatic heterocycles. The van der Waals surface area contributed by atoms with Crippen molar-refractivity contribution in [1.29, 1.82) is 0 Å². The van der Waals surface area contributed by atoms with Gasteiger partial charge < -0.3 is 10.1 Å². The number of nitro groups is 1. The smallest absolute Gasteiger partial charge is 0.311 e. The van der Waals surface area contributed by atoms with Gasteiger partial charge in [0.25, 0.3) is 0 Å². The van der Waals surface area contributed by atoms with Crippen molar-refractivity contribution in [3.8, 4) is 5.75 Å². The molecule has 0 bridgehead atoms. The van der Waals surface area contributed by atoms with E-state index in [0.29, 0.717) is 6.54 Å². The third kappa shape index (κ3) is 4.14. The van der Waals surface area contributed by atoms with Crippen molar-refractivity contribution in [2.24, 2.45) is 0 Å². The van der Waals surface area contributed by atoms with Crippen LogP contribution < -0.4 is 10.1 Å². The zero-order valence-electron chi connectivity index (χ0n) is 10.1. The van der Waals surface area contributed by atoms with E-state index >= 15 is 0 Å². The Hall–Kier alpha value is -1.95. The molecule has 18 heavy (non-hydrogen) atoms. The third-order valence-electron chi connectivity index (χ3n) is 2.18. The molecule has 0 radical (unpaired) electrons. The monoisotopic (exact) mass is 254 g/mol. The summed E-state index contributed by atoms with van der Waals surface area (Å²) in [7, 11) is 0. The first-order chi connectivity index (χ1) is 8.54.